The third-order valence-electron chi connectivity index (χ3n) is 5.18. The van der Waals surface area contributed by atoms with Crippen LogP contribution in [-0.2, 0) is 32.1 Å². The Labute approximate surface area is 185 Å². The van der Waals surface area contributed by atoms with Gasteiger partial charge >= 0.3 is 11.9 Å². The van der Waals surface area contributed by atoms with Gasteiger partial charge in [-0.2, -0.15) is 0 Å². The minimum absolute atomic E-state index is 0.0796. The van der Waals surface area contributed by atoms with E-state index in [0.29, 0.717) is 22.4 Å². The van der Waals surface area contributed by atoms with Crippen LogP contribution in [0.2, 0.25) is 0 Å². The molecule has 0 aliphatic carbocycles. The lowest BCUT2D eigenvalue weighted by atomic mass is 9.95. The second kappa shape index (κ2) is 9.47. The molecular weight excluding hydrogens is 408 g/mol. The summed E-state index contributed by atoms with van der Waals surface area (Å²) in [5.74, 6) is -0.893. The minimum Gasteiger partial charge on any atom is -0.485 e. The zero-order valence-electron chi connectivity index (χ0n) is 17.6. The first kappa shape index (κ1) is 21.3. The van der Waals surface area contributed by atoms with E-state index >= 15 is 0 Å². The molecule has 3 aromatic carbocycles. The highest BCUT2D eigenvalue weighted by Gasteiger charge is 2.26. The van der Waals surface area contributed by atoms with Gasteiger partial charge < -0.3 is 14.2 Å². The van der Waals surface area contributed by atoms with E-state index in [2.05, 4.69) is 0 Å². The van der Waals surface area contributed by atoms with Gasteiger partial charge in [0.1, 0.15) is 18.5 Å². The summed E-state index contributed by atoms with van der Waals surface area (Å²) in [4.78, 5) is 37.1. The summed E-state index contributed by atoms with van der Waals surface area (Å²) in [6.07, 6.45) is -0.349. The molecule has 0 N–H and O–H groups in total. The van der Waals surface area contributed by atoms with E-state index < -0.39 is 18.5 Å². The molecule has 3 aromatic rings. The Morgan fingerprint density at radius 1 is 0.844 bits per heavy atom. The highest BCUT2D eigenvalue weighted by molar-refractivity contribution is 6.12. The number of hydrogen-bond donors (Lipinski definition) is 0. The first-order chi connectivity index (χ1) is 15.5. The summed E-state index contributed by atoms with van der Waals surface area (Å²) in [7, 11) is 0. The van der Waals surface area contributed by atoms with Gasteiger partial charge in [-0.05, 0) is 30.2 Å². The van der Waals surface area contributed by atoms with Gasteiger partial charge in [0, 0.05) is 11.1 Å². The minimum atomic E-state index is -0.627. The van der Waals surface area contributed by atoms with Gasteiger partial charge in [-0.3, -0.25) is 9.59 Å². The fraction of sp³-hybridized carbons (Fsp3) is 0.192. The van der Waals surface area contributed by atoms with E-state index in [0.717, 1.165) is 11.1 Å². The number of esters is 2. The maximum atomic E-state index is 13.1. The van der Waals surface area contributed by atoms with Gasteiger partial charge in [0.05, 0.1) is 12.0 Å². The number of hydrogen-bond acceptors (Lipinski definition) is 6. The smallest absolute Gasteiger partial charge is 0.344 e. The van der Waals surface area contributed by atoms with Crippen molar-refractivity contribution in [2.45, 2.75) is 26.1 Å². The fourth-order valence-corrected chi connectivity index (χ4v) is 3.56. The molecule has 4 rings (SSSR count). The molecule has 0 amide bonds. The summed E-state index contributed by atoms with van der Waals surface area (Å²) >= 11 is 0. The summed E-state index contributed by atoms with van der Waals surface area (Å²) in [6, 6.07) is 21.6. The van der Waals surface area contributed by atoms with Gasteiger partial charge in [-0.1, -0.05) is 60.7 Å². The Morgan fingerprint density at radius 3 is 2.41 bits per heavy atom. The van der Waals surface area contributed by atoms with Crippen LogP contribution in [0.1, 0.15) is 45.6 Å². The van der Waals surface area contributed by atoms with E-state index in [1.54, 1.807) is 24.3 Å². The maximum absolute atomic E-state index is 13.1. The lowest BCUT2D eigenvalue weighted by Crippen LogP contribution is -2.17. The molecular formula is C26H22O6. The Kier molecular flexibility index (Phi) is 6.31. The Hall–Kier alpha value is -3.93. The fourth-order valence-electron chi connectivity index (χ4n) is 3.56. The van der Waals surface area contributed by atoms with Crippen LogP contribution in [0.25, 0.3) is 0 Å². The highest BCUT2D eigenvalue weighted by atomic mass is 16.6. The molecule has 0 aromatic heterocycles. The molecule has 6 heteroatoms. The number of ketones is 1. The van der Waals surface area contributed by atoms with Crippen molar-refractivity contribution in [3.05, 3.63) is 101 Å². The summed E-state index contributed by atoms with van der Waals surface area (Å²) < 4.78 is 16.1. The van der Waals surface area contributed by atoms with Crippen LogP contribution in [0.5, 0.6) is 5.75 Å². The first-order valence-electron chi connectivity index (χ1n) is 10.3. The molecule has 0 saturated carbocycles. The second-order valence-corrected chi connectivity index (χ2v) is 7.49. The van der Waals surface area contributed by atoms with Gasteiger partial charge in [-0.25, -0.2) is 4.79 Å². The second-order valence-electron chi connectivity index (χ2n) is 7.49. The monoisotopic (exact) mass is 430 g/mol. The predicted octanol–water partition coefficient (Wildman–Crippen LogP) is 4.20. The molecule has 0 radical (unpaired) electrons. The Morgan fingerprint density at radius 2 is 1.59 bits per heavy atom. The molecule has 1 atom stereocenters. The lowest BCUT2D eigenvalue weighted by Gasteiger charge is -2.14. The van der Waals surface area contributed by atoms with Gasteiger partial charge in [0.15, 0.2) is 12.4 Å². The van der Waals surface area contributed by atoms with Crippen molar-refractivity contribution >= 4 is 17.7 Å². The van der Waals surface area contributed by atoms with Gasteiger partial charge in [0.2, 0.25) is 0 Å². The molecule has 162 valence electrons. The van der Waals surface area contributed by atoms with Crippen molar-refractivity contribution in [2.24, 2.45) is 0 Å². The van der Waals surface area contributed by atoms with Crippen molar-refractivity contribution in [1.82, 2.24) is 0 Å². The molecule has 0 spiro atoms. The largest absolute Gasteiger partial charge is 0.485 e. The van der Waals surface area contributed by atoms with Crippen LogP contribution in [0, 0.1) is 0 Å². The zero-order chi connectivity index (χ0) is 22.5. The van der Waals surface area contributed by atoms with Crippen molar-refractivity contribution in [3.8, 4) is 5.75 Å². The van der Waals surface area contributed by atoms with E-state index in [1.165, 1.54) is 0 Å². The van der Waals surface area contributed by atoms with Crippen LogP contribution in [-0.4, -0.2) is 24.3 Å². The average Bonchev–Trinajstić information content (AvgIpc) is 2.92. The third kappa shape index (κ3) is 4.86. The number of carbonyl (C=O) groups excluding carboxylic acids is 3. The highest BCUT2D eigenvalue weighted by Crippen LogP contribution is 2.34. The van der Waals surface area contributed by atoms with Crippen LogP contribution >= 0.6 is 0 Å². The van der Waals surface area contributed by atoms with Crippen molar-refractivity contribution in [2.75, 3.05) is 6.61 Å². The standard InChI is InChI=1S/C26H22O6/c1-17-20-9-5-6-10-21(20)26(29)22-13-19(11-12-23(22)32-17)14-24(27)31-16-25(28)30-15-18-7-3-2-4-8-18/h2-13,17H,14-16H2,1H3. The quantitative estimate of drug-likeness (QED) is 0.546. The van der Waals surface area contributed by atoms with E-state index in [9.17, 15) is 14.4 Å². The van der Waals surface area contributed by atoms with E-state index in [-0.39, 0.29) is 24.9 Å². The summed E-state index contributed by atoms with van der Waals surface area (Å²) in [6.45, 7) is 1.54. The molecule has 0 bridgehead atoms. The molecule has 6 nitrogen and oxygen atoms in total. The average molecular weight is 430 g/mol. The van der Waals surface area contributed by atoms with E-state index in [4.69, 9.17) is 14.2 Å². The Balaban J connectivity index is 1.37. The summed E-state index contributed by atoms with van der Waals surface area (Å²) in [5.41, 5.74) is 3.24. The van der Waals surface area contributed by atoms with Crippen molar-refractivity contribution in [1.29, 1.82) is 0 Å². The molecule has 1 unspecified atom stereocenters. The molecule has 1 heterocycles. The summed E-state index contributed by atoms with van der Waals surface area (Å²) in [5, 5.41) is 0. The van der Waals surface area contributed by atoms with Gasteiger partial charge in [0.25, 0.3) is 0 Å². The molecule has 32 heavy (non-hydrogen) atoms. The number of carbonyl (C=O) groups is 3. The van der Waals surface area contributed by atoms with Crippen LogP contribution in [0.3, 0.4) is 0 Å². The van der Waals surface area contributed by atoms with E-state index in [1.807, 2.05) is 55.5 Å². The normalized spacial score (nSPS) is 14.4. The molecule has 1 aliphatic rings. The van der Waals surface area contributed by atoms with Crippen LogP contribution in [0.4, 0.5) is 0 Å². The SMILES string of the molecule is CC1Oc2ccc(CC(=O)OCC(=O)OCc3ccccc3)cc2C(=O)c2ccccc21. The lowest BCUT2D eigenvalue weighted by molar-refractivity contribution is -0.159. The number of rotatable bonds is 6. The predicted molar refractivity (Wildman–Crippen MR) is 116 cm³/mol. The van der Waals surface area contributed by atoms with Crippen molar-refractivity contribution < 1.29 is 28.6 Å². The third-order valence-corrected chi connectivity index (χ3v) is 5.18. The molecule has 1 aliphatic heterocycles. The maximum Gasteiger partial charge on any atom is 0.344 e. The number of benzene rings is 3. The number of fused-ring (bicyclic) bond motifs is 2. The molecule has 0 saturated heterocycles. The van der Waals surface area contributed by atoms with Crippen molar-refractivity contribution in [3.63, 3.8) is 0 Å². The van der Waals surface area contributed by atoms with Gasteiger partial charge in [-0.15, -0.1) is 0 Å². The number of ether oxygens (including phenoxy) is 3. The zero-order valence-corrected chi connectivity index (χ0v) is 17.6. The molecule has 0 fully saturated rings. The Bertz CT molecular complexity index is 1150. The first-order valence-corrected chi connectivity index (χ1v) is 10.3. The van der Waals surface area contributed by atoms with Crippen LogP contribution in [0.15, 0.2) is 72.8 Å². The van der Waals surface area contributed by atoms with Crippen LogP contribution < -0.4 is 4.74 Å². The topological polar surface area (TPSA) is 78.9 Å².